The molecule has 0 heterocycles. The summed E-state index contributed by atoms with van der Waals surface area (Å²) in [5, 5.41) is 0. The van der Waals surface area contributed by atoms with Gasteiger partial charge in [-0.25, -0.2) is 4.79 Å². The Hall–Kier alpha value is -4.01. The van der Waals surface area contributed by atoms with Crippen LogP contribution in [0.15, 0.2) is 66.7 Å². The van der Waals surface area contributed by atoms with E-state index in [4.69, 9.17) is 14.2 Å². The topological polar surface area (TPSA) is 65.1 Å². The highest BCUT2D eigenvalue weighted by molar-refractivity contribution is 5.84. The summed E-state index contributed by atoms with van der Waals surface area (Å²) in [5.74, 6) is -0.0313. The van der Waals surface area contributed by atoms with Gasteiger partial charge in [0.05, 0.1) is 24.7 Å². The van der Waals surface area contributed by atoms with Gasteiger partial charge >= 0.3 is 18.2 Å². The van der Waals surface area contributed by atoms with Crippen LogP contribution in [-0.4, -0.2) is 37.2 Å². The maximum absolute atomic E-state index is 13.7. The highest BCUT2D eigenvalue weighted by Gasteiger charge is 2.34. The molecule has 0 unspecified atom stereocenters. The van der Waals surface area contributed by atoms with Crippen LogP contribution in [-0.2, 0) is 39.0 Å². The van der Waals surface area contributed by atoms with Crippen molar-refractivity contribution in [2.45, 2.75) is 52.4 Å². The molecule has 214 valence electrons. The first-order chi connectivity index (χ1) is 18.9. The fraction of sp³-hybridized carbons (Fsp3) is 0.355. The first-order valence-corrected chi connectivity index (χ1v) is 12.9. The van der Waals surface area contributed by atoms with Gasteiger partial charge < -0.3 is 19.1 Å². The second kappa shape index (κ2) is 12.9. The molecule has 0 aromatic heterocycles. The lowest BCUT2D eigenvalue weighted by molar-refractivity contribution is -0.148. The number of hydrogen-bond donors (Lipinski definition) is 0. The molecular weight excluding hydrogens is 523 g/mol. The number of benzene rings is 3. The molecule has 3 rings (SSSR count). The molecular formula is C31H34F3NO5. The fourth-order valence-corrected chi connectivity index (χ4v) is 4.22. The lowest BCUT2D eigenvalue weighted by Gasteiger charge is -2.26. The number of hydrogen-bond acceptors (Lipinski definition) is 5. The number of ether oxygens (including phenoxy) is 3. The molecule has 0 saturated heterocycles. The molecule has 0 fully saturated rings. The quantitative estimate of drug-likeness (QED) is 0.243. The highest BCUT2D eigenvalue weighted by Crippen LogP contribution is 2.40. The van der Waals surface area contributed by atoms with Gasteiger partial charge in [-0.2, -0.15) is 13.2 Å². The Morgan fingerprint density at radius 1 is 0.850 bits per heavy atom. The predicted molar refractivity (Wildman–Crippen MR) is 146 cm³/mol. The van der Waals surface area contributed by atoms with E-state index in [-0.39, 0.29) is 31.9 Å². The summed E-state index contributed by atoms with van der Waals surface area (Å²) in [6.45, 7) is 7.17. The van der Waals surface area contributed by atoms with Crippen LogP contribution >= 0.6 is 0 Å². The van der Waals surface area contributed by atoms with Crippen LogP contribution in [0.3, 0.4) is 0 Å². The molecule has 0 spiro atoms. The number of carbonyl (C=O) groups is 2. The Kier molecular flexibility index (Phi) is 9.84. The van der Waals surface area contributed by atoms with Crippen molar-refractivity contribution in [2.75, 3.05) is 20.3 Å². The molecule has 0 aliphatic rings. The van der Waals surface area contributed by atoms with E-state index in [1.165, 1.54) is 18.1 Å². The highest BCUT2D eigenvalue weighted by atomic mass is 19.4. The van der Waals surface area contributed by atoms with Crippen LogP contribution in [0.4, 0.5) is 18.0 Å². The third-order valence-corrected chi connectivity index (χ3v) is 6.64. The van der Waals surface area contributed by atoms with Gasteiger partial charge in [0.15, 0.2) is 0 Å². The van der Waals surface area contributed by atoms with Crippen LogP contribution in [0.25, 0.3) is 11.1 Å². The molecule has 3 aromatic carbocycles. The lowest BCUT2D eigenvalue weighted by Crippen LogP contribution is -2.31. The fourth-order valence-electron chi connectivity index (χ4n) is 4.22. The van der Waals surface area contributed by atoms with Crippen LogP contribution < -0.4 is 4.74 Å². The zero-order valence-electron chi connectivity index (χ0n) is 23.3. The van der Waals surface area contributed by atoms with Crippen LogP contribution in [0, 0.1) is 0 Å². The summed E-state index contributed by atoms with van der Waals surface area (Å²) in [6.07, 6.45) is -5.24. The lowest BCUT2D eigenvalue weighted by atomic mass is 9.82. The second-order valence-electron chi connectivity index (χ2n) is 9.68. The maximum atomic E-state index is 13.7. The average molecular weight is 558 g/mol. The van der Waals surface area contributed by atoms with Gasteiger partial charge in [-0.3, -0.25) is 4.79 Å². The minimum absolute atomic E-state index is 0.0322. The monoisotopic (exact) mass is 557 g/mol. The van der Waals surface area contributed by atoms with Gasteiger partial charge in [0.1, 0.15) is 12.4 Å². The molecule has 6 nitrogen and oxygen atoms in total. The molecule has 0 radical (unpaired) electrons. The van der Waals surface area contributed by atoms with Crippen molar-refractivity contribution in [3.63, 3.8) is 0 Å². The molecule has 9 heteroatoms. The predicted octanol–water partition coefficient (Wildman–Crippen LogP) is 7.38. The van der Waals surface area contributed by atoms with E-state index in [0.29, 0.717) is 22.4 Å². The van der Waals surface area contributed by atoms with Crippen molar-refractivity contribution < 1.29 is 37.0 Å². The van der Waals surface area contributed by atoms with Crippen LogP contribution in [0.1, 0.15) is 49.9 Å². The largest absolute Gasteiger partial charge is 0.496 e. The Bertz CT molecular complexity index is 1320. The van der Waals surface area contributed by atoms with E-state index in [1.807, 2.05) is 30.3 Å². The SMILES string of the molecule is CCOC(=O)C(C)(C)c1ccc(OC)c(-c2ccc(C(F)(F)F)cc2CN(CC)C(=O)OCc2ccccc2)c1. The van der Waals surface area contributed by atoms with E-state index >= 15 is 0 Å². The Balaban J connectivity index is 2.05. The third kappa shape index (κ3) is 7.14. The summed E-state index contributed by atoms with van der Waals surface area (Å²) >= 11 is 0. The smallest absolute Gasteiger partial charge is 0.416 e. The number of halogens is 3. The van der Waals surface area contributed by atoms with E-state index in [2.05, 4.69) is 0 Å². The van der Waals surface area contributed by atoms with Crippen LogP contribution in [0.5, 0.6) is 5.75 Å². The van der Waals surface area contributed by atoms with Crippen molar-refractivity contribution in [3.8, 4) is 16.9 Å². The van der Waals surface area contributed by atoms with E-state index in [1.54, 1.807) is 45.9 Å². The number of methoxy groups -OCH3 is 1. The van der Waals surface area contributed by atoms with E-state index in [0.717, 1.165) is 17.7 Å². The van der Waals surface area contributed by atoms with Gasteiger partial charge in [0.2, 0.25) is 0 Å². The summed E-state index contributed by atoms with van der Waals surface area (Å²) < 4.78 is 57.4. The maximum Gasteiger partial charge on any atom is 0.416 e. The van der Waals surface area contributed by atoms with Gasteiger partial charge in [-0.15, -0.1) is 0 Å². The second-order valence-corrected chi connectivity index (χ2v) is 9.68. The number of nitrogens with zero attached hydrogens (tertiary/aromatic N) is 1. The number of carbonyl (C=O) groups excluding carboxylic acids is 2. The van der Waals surface area contributed by atoms with Gasteiger partial charge in [-0.05, 0) is 74.2 Å². The van der Waals surface area contributed by atoms with Gasteiger partial charge in [-0.1, -0.05) is 42.5 Å². The molecule has 0 aliphatic carbocycles. The summed E-state index contributed by atoms with van der Waals surface area (Å²) in [6, 6.07) is 17.6. The Labute approximate surface area is 232 Å². The number of amides is 1. The average Bonchev–Trinajstić information content (AvgIpc) is 2.94. The molecule has 40 heavy (non-hydrogen) atoms. The summed E-state index contributed by atoms with van der Waals surface area (Å²) in [5.41, 5.74) is 0.676. The molecule has 0 N–H and O–H groups in total. The molecule has 0 atom stereocenters. The summed E-state index contributed by atoms with van der Waals surface area (Å²) in [4.78, 5) is 26.9. The number of rotatable bonds is 10. The Morgan fingerprint density at radius 3 is 2.12 bits per heavy atom. The zero-order chi connectivity index (χ0) is 29.5. The van der Waals surface area contributed by atoms with Gasteiger partial charge in [0, 0.05) is 18.7 Å². The normalized spacial score (nSPS) is 11.6. The minimum Gasteiger partial charge on any atom is -0.496 e. The van der Waals surface area contributed by atoms with Crippen molar-refractivity contribution in [2.24, 2.45) is 0 Å². The van der Waals surface area contributed by atoms with E-state index < -0.39 is 29.2 Å². The molecule has 0 bridgehead atoms. The third-order valence-electron chi connectivity index (χ3n) is 6.64. The molecule has 0 saturated carbocycles. The molecule has 0 aliphatic heterocycles. The van der Waals surface area contributed by atoms with Crippen molar-refractivity contribution in [1.29, 1.82) is 0 Å². The number of alkyl halides is 3. The first-order valence-electron chi connectivity index (χ1n) is 12.9. The van der Waals surface area contributed by atoms with Gasteiger partial charge in [0.25, 0.3) is 0 Å². The molecule has 1 amide bonds. The Morgan fingerprint density at radius 2 is 1.52 bits per heavy atom. The zero-order valence-corrected chi connectivity index (χ0v) is 23.3. The first kappa shape index (κ1) is 30.5. The van der Waals surface area contributed by atoms with Crippen LogP contribution in [0.2, 0.25) is 0 Å². The summed E-state index contributed by atoms with van der Waals surface area (Å²) in [7, 11) is 1.46. The van der Waals surface area contributed by atoms with E-state index in [9.17, 15) is 22.8 Å². The van der Waals surface area contributed by atoms with Crippen molar-refractivity contribution in [1.82, 2.24) is 4.90 Å². The van der Waals surface area contributed by atoms with Crippen molar-refractivity contribution >= 4 is 12.1 Å². The number of esters is 1. The molecule has 3 aromatic rings. The van der Waals surface area contributed by atoms with Crippen molar-refractivity contribution in [3.05, 3.63) is 89.0 Å². The standard InChI is InChI=1S/C31H34F3NO5/c1-6-35(29(37)40-20-21-11-9-8-10-12-21)19-22-17-24(31(32,33)34)13-15-25(22)26-18-23(14-16-27(26)38-5)30(3,4)28(36)39-7-2/h8-18H,6-7,19-20H2,1-5H3. The minimum atomic E-state index is -4.59.